The molecule has 2 aliphatic carbocycles. The van der Waals surface area contributed by atoms with E-state index in [0.717, 1.165) is 18.4 Å². The van der Waals surface area contributed by atoms with Crippen LogP contribution >= 0.6 is 11.6 Å². The van der Waals surface area contributed by atoms with E-state index in [1.807, 2.05) is 0 Å². The van der Waals surface area contributed by atoms with Crippen molar-refractivity contribution in [1.29, 1.82) is 0 Å². The number of anilines is 1. The number of carbonyl (C=O) groups is 1. The average Bonchev–Trinajstić information content (AvgIpc) is 3.69. The van der Waals surface area contributed by atoms with E-state index in [-0.39, 0.29) is 69.3 Å². The Balaban J connectivity index is 1.29. The molecule has 58 heavy (non-hydrogen) atoms. The van der Waals surface area contributed by atoms with Crippen molar-refractivity contribution in [2.45, 2.75) is 49.9 Å². The van der Waals surface area contributed by atoms with Gasteiger partial charge in [0.15, 0.2) is 17.3 Å². The minimum Gasteiger partial charge on any atom is -0.346 e. The van der Waals surface area contributed by atoms with Crippen molar-refractivity contribution >= 4 is 44.3 Å². The van der Waals surface area contributed by atoms with Crippen molar-refractivity contribution in [3.05, 3.63) is 106 Å². The third-order valence-corrected chi connectivity index (χ3v) is 11.1. The standard InChI is InChI=1S/C37H29ClF7N9O3S/c1-53-31-21(5-8-24(38)29(31)35(51-53)52-58(2,56)57)20-6-9-25(34-46-10-3-11-47-34)49-30(20)26(14-17-12-18(39)15-19(40)13-17)48-27(55)16-54-33-28(32(50-54)37(43,44)45)22-4-7-23(22)36(33,41)42/h3,5-6,8-13,15,22-23,26H,4,7,14,16H2,1-2H3,(H,48,55)(H,51,52)/t22-,23+,26-/m0/s1. The van der Waals surface area contributed by atoms with Crippen LogP contribution in [0.15, 0.2) is 60.9 Å². The molecule has 2 N–H and O–H groups in total. The minimum atomic E-state index is -5.08. The molecular weight excluding hydrogens is 819 g/mol. The highest BCUT2D eigenvalue weighted by Gasteiger charge is 2.63. The van der Waals surface area contributed by atoms with Crippen LogP contribution in [0.2, 0.25) is 5.02 Å². The zero-order chi connectivity index (χ0) is 41.5. The summed E-state index contributed by atoms with van der Waals surface area (Å²) in [7, 11) is -2.33. The first-order valence-corrected chi connectivity index (χ1v) is 19.8. The van der Waals surface area contributed by atoms with Gasteiger partial charge in [-0.2, -0.15) is 32.1 Å². The molecule has 3 atom stereocenters. The van der Waals surface area contributed by atoms with Crippen molar-refractivity contribution in [3.8, 4) is 22.6 Å². The van der Waals surface area contributed by atoms with Crippen LogP contribution in [0.3, 0.4) is 0 Å². The van der Waals surface area contributed by atoms with Crippen molar-refractivity contribution in [1.82, 2.24) is 39.8 Å². The molecule has 8 rings (SSSR count). The number of hydrogen-bond donors (Lipinski definition) is 2. The Morgan fingerprint density at radius 3 is 2.34 bits per heavy atom. The molecule has 2 aliphatic rings. The van der Waals surface area contributed by atoms with E-state index in [4.69, 9.17) is 16.6 Å². The quantitative estimate of drug-likeness (QED) is 0.136. The molecule has 2 aromatic carbocycles. The third-order valence-electron chi connectivity index (χ3n) is 10.2. The number of pyridine rings is 1. The molecule has 0 aliphatic heterocycles. The summed E-state index contributed by atoms with van der Waals surface area (Å²) in [6.07, 6.45) is -1.54. The Hall–Kier alpha value is -5.63. The van der Waals surface area contributed by atoms with Crippen LogP contribution < -0.4 is 10.0 Å². The van der Waals surface area contributed by atoms with Crippen LogP contribution in [-0.4, -0.2) is 55.1 Å². The number of halogens is 8. The molecule has 4 aromatic heterocycles. The van der Waals surface area contributed by atoms with Crippen molar-refractivity contribution < 1.29 is 43.9 Å². The van der Waals surface area contributed by atoms with E-state index < -0.39 is 81.0 Å². The van der Waals surface area contributed by atoms with Crippen LogP contribution in [0.5, 0.6) is 0 Å². The van der Waals surface area contributed by atoms with Gasteiger partial charge in [0.25, 0.3) is 5.92 Å². The number of aromatic nitrogens is 7. The number of fused-ring (bicyclic) bond motifs is 4. The van der Waals surface area contributed by atoms with E-state index in [0.29, 0.717) is 16.3 Å². The number of hydrogen-bond acceptors (Lipinski definition) is 8. The van der Waals surface area contributed by atoms with Gasteiger partial charge in [-0.1, -0.05) is 23.7 Å². The van der Waals surface area contributed by atoms with Crippen LogP contribution in [0.4, 0.5) is 36.6 Å². The van der Waals surface area contributed by atoms with Gasteiger partial charge in [0.05, 0.1) is 33.9 Å². The lowest BCUT2D eigenvalue weighted by atomic mass is 9.73. The van der Waals surface area contributed by atoms with Crippen molar-refractivity contribution in [2.75, 3.05) is 11.0 Å². The normalized spacial score (nSPS) is 17.8. The van der Waals surface area contributed by atoms with Gasteiger partial charge in [0.1, 0.15) is 29.6 Å². The predicted octanol–water partition coefficient (Wildman–Crippen LogP) is 7.31. The number of rotatable bonds is 10. The summed E-state index contributed by atoms with van der Waals surface area (Å²) >= 11 is 6.59. The second kappa shape index (κ2) is 14.0. The van der Waals surface area contributed by atoms with Crippen LogP contribution in [0, 0.1) is 17.6 Å². The molecule has 0 radical (unpaired) electrons. The molecule has 6 aromatic rings. The summed E-state index contributed by atoms with van der Waals surface area (Å²) in [5.74, 6) is -9.09. The first-order chi connectivity index (χ1) is 27.3. The second-order valence-electron chi connectivity index (χ2n) is 14.1. The smallest absolute Gasteiger partial charge is 0.346 e. The summed E-state index contributed by atoms with van der Waals surface area (Å²) in [6, 6.07) is 8.97. The number of aryl methyl sites for hydroxylation is 1. The largest absolute Gasteiger partial charge is 0.435 e. The number of nitrogens with zero attached hydrogens (tertiary/aromatic N) is 7. The zero-order valence-electron chi connectivity index (χ0n) is 30.1. The molecule has 21 heteroatoms. The molecule has 0 spiro atoms. The predicted molar refractivity (Wildman–Crippen MR) is 196 cm³/mol. The number of nitrogens with one attached hydrogen (secondary N) is 2. The number of amides is 1. The summed E-state index contributed by atoms with van der Waals surface area (Å²) in [5, 5.41) is 10.8. The van der Waals surface area contributed by atoms with E-state index in [1.165, 1.54) is 30.2 Å². The molecule has 0 unspecified atom stereocenters. The number of alkyl halides is 5. The topological polar surface area (TPSA) is 150 Å². The zero-order valence-corrected chi connectivity index (χ0v) is 31.7. The Morgan fingerprint density at radius 2 is 1.71 bits per heavy atom. The van der Waals surface area contributed by atoms with Gasteiger partial charge < -0.3 is 5.32 Å². The Kier molecular flexibility index (Phi) is 9.49. The van der Waals surface area contributed by atoms with Crippen LogP contribution in [-0.2, 0) is 46.9 Å². The number of sulfonamides is 1. The van der Waals surface area contributed by atoms with Gasteiger partial charge >= 0.3 is 6.18 Å². The monoisotopic (exact) mass is 847 g/mol. The van der Waals surface area contributed by atoms with Crippen molar-refractivity contribution in [2.24, 2.45) is 13.0 Å². The molecule has 0 bridgehead atoms. The summed E-state index contributed by atoms with van der Waals surface area (Å²) < 4.78 is 132. The molecule has 1 fully saturated rings. The van der Waals surface area contributed by atoms with Crippen LogP contribution in [0.1, 0.15) is 53.0 Å². The maximum atomic E-state index is 15.7. The molecule has 4 heterocycles. The first kappa shape index (κ1) is 39.2. The van der Waals surface area contributed by atoms with Gasteiger partial charge in [-0.15, -0.1) is 0 Å². The highest BCUT2D eigenvalue weighted by Crippen LogP contribution is 2.64. The summed E-state index contributed by atoms with van der Waals surface area (Å²) in [6.45, 7) is -1.08. The van der Waals surface area contributed by atoms with Crippen molar-refractivity contribution in [3.63, 3.8) is 0 Å². The maximum Gasteiger partial charge on any atom is 0.435 e. The Bertz CT molecular complexity index is 2720. The molecule has 1 saturated carbocycles. The van der Waals surface area contributed by atoms with Gasteiger partial charge in [0.2, 0.25) is 15.9 Å². The van der Waals surface area contributed by atoms with Crippen LogP contribution in [0.25, 0.3) is 33.5 Å². The fourth-order valence-corrected chi connectivity index (χ4v) is 8.62. The number of benzene rings is 2. The molecule has 0 saturated heterocycles. The maximum absolute atomic E-state index is 15.7. The SMILES string of the molecule is Cn1nc(NS(C)(=O)=O)c2c(Cl)ccc(-c3ccc(-c4ncccn4)nc3[C@H](Cc3cc(F)cc(F)c3)NC(=O)Cn3nc(C(F)(F)F)c4c3C(F)(F)[C@@H]3CC[C@H]43)c21. The highest BCUT2D eigenvalue weighted by atomic mass is 35.5. The van der Waals surface area contributed by atoms with Gasteiger partial charge in [0, 0.05) is 48.1 Å². The van der Waals surface area contributed by atoms with Gasteiger partial charge in [-0.05, 0) is 61.1 Å². The summed E-state index contributed by atoms with van der Waals surface area (Å²) in [4.78, 5) is 27.3. The van der Waals surface area contributed by atoms with E-state index in [1.54, 1.807) is 24.3 Å². The van der Waals surface area contributed by atoms with E-state index in [2.05, 4.69) is 30.2 Å². The lowest BCUT2D eigenvalue weighted by Gasteiger charge is -2.34. The number of carbonyl (C=O) groups excluding carboxylic acids is 1. The van der Waals surface area contributed by atoms with E-state index >= 15 is 8.78 Å². The molecule has 302 valence electrons. The highest BCUT2D eigenvalue weighted by molar-refractivity contribution is 7.92. The fraction of sp³-hybridized carbons (Fsp3) is 0.297. The molecule has 12 nitrogen and oxygen atoms in total. The lowest BCUT2D eigenvalue weighted by Crippen LogP contribution is -2.36. The first-order valence-electron chi connectivity index (χ1n) is 17.5. The lowest BCUT2D eigenvalue weighted by molar-refractivity contribution is -0.144. The van der Waals surface area contributed by atoms with E-state index in [9.17, 15) is 35.2 Å². The van der Waals surface area contributed by atoms with Gasteiger partial charge in [-0.3, -0.25) is 18.9 Å². The summed E-state index contributed by atoms with van der Waals surface area (Å²) in [5.41, 5.74) is -2.03. The Labute approximate surface area is 329 Å². The fourth-order valence-electron chi connectivity index (χ4n) is 7.88. The third kappa shape index (κ3) is 7.01. The average molecular weight is 848 g/mol. The minimum absolute atomic E-state index is 0.00152. The Morgan fingerprint density at radius 1 is 1.02 bits per heavy atom. The second-order valence-corrected chi connectivity index (χ2v) is 16.3. The van der Waals surface area contributed by atoms with Gasteiger partial charge in [-0.25, -0.2) is 32.2 Å². The molecule has 1 amide bonds. The molecular formula is C37H29ClF7N9O3S.